The minimum atomic E-state index is -1.76. The zero-order chi connectivity index (χ0) is 27.0. The van der Waals surface area contributed by atoms with Gasteiger partial charge in [-0.05, 0) is 0 Å². The van der Waals surface area contributed by atoms with Gasteiger partial charge in [-0.2, -0.15) is 0 Å². The molecule has 0 fully saturated rings. The molecular weight excluding hydrogens is 543 g/mol. The van der Waals surface area contributed by atoms with E-state index in [2.05, 4.69) is 107 Å². The standard InChI is InChI=1S/2C15H24O2.Sn/c2*1-14(2,3)11-8-10(17-7)9-12(13(11)16)15(4,5)6;/h2*8-9,16H,1-7H3;/q;;+2/p-2. The van der Waals surface area contributed by atoms with Crippen LogP contribution < -0.4 is 15.6 Å². The third kappa shape index (κ3) is 7.24. The average molecular weight is 589 g/mol. The molecule has 0 heterocycles. The molecule has 2 aromatic rings. The van der Waals surface area contributed by atoms with Gasteiger partial charge < -0.3 is 0 Å². The monoisotopic (exact) mass is 590 g/mol. The van der Waals surface area contributed by atoms with E-state index in [4.69, 9.17) is 15.6 Å². The summed E-state index contributed by atoms with van der Waals surface area (Å²) in [6, 6.07) is 8.44. The van der Waals surface area contributed by atoms with E-state index in [1.807, 2.05) is 0 Å². The Hall–Kier alpha value is -1.56. The second-order valence-electron chi connectivity index (χ2n) is 13.4. The van der Waals surface area contributed by atoms with Gasteiger partial charge in [0, 0.05) is 0 Å². The van der Waals surface area contributed by atoms with Crippen molar-refractivity contribution < 1.29 is 15.6 Å². The number of rotatable bonds is 6. The number of hydrogen-bond donors (Lipinski definition) is 0. The number of hydrogen-bond acceptors (Lipinski definition) is 4. The van der Waals surface area contributed by atoms with Crippen LogP contribution >= 0.6 is 0 Å². The first-order valence-corrected chi connectivity index (χ1v) is 14.7. The number of ether oxygens (including phenoxy) is 2. The van der Waals surface area contributed by atoms with E-state index in [1.165, 1.54) is 0 Å². The molecule has 0 aliphatic rings. The molecule has 0 aliphatic carbocycles. The molecule has 0 spiro atoms. The molecule has 0 saturated heterocycles. The van der Waals surface area contributed by atoms with Crippen LogP contribution in [-0.2, 0) is 21.7 Å². The van der Waals surface area contributed by atoms with Crippen LogP contribution in [0.25, 0.3) is 0 Å². The Morgan fingerprint density at radius 1 is 0.457 bits per heavy atom. The van der Waals surface area contributed by atoms with Crippen LogP contribution in [0.4, 0.5) is 0 Å². The summed E-state index contributed by atoms with van der Waals surface area (Å²) in [4.78, 5) is 0. The van der Waals surface area contributed by atoms with Gasteiger partial charge in [0.2, 0.25) is 0 Å². The van der Waals surface area contributed by atoms with Gasteiger partial charge in [0.05, 0.1) is 0 Å². The van der Waals surface area contributed by atoms with Crippen molar-refractivity contribution in [2.24, 2.45) is 0 Å². The summed E-state index contributed by atoms with van der Waals surface area (Å²) in [6.45, 7) is 26.6. The fraction of sp³-hybridized carbons (Fsp3) is 0.600. The third-order valence-electron chi connectivity index (χ3n) is 6.12. The molecular formula is C30H46O4Sn. The Kier molecular flexibility index (Phi) is 8.84. The summed E-state index contributed by atoms with van der Waals surface area (Å²) < 4.78 is 24.7. The van der Waals surface area contributed by atoms with Gasteiger partial charge in [0.15, 0.2) is 0 Å². The van der Waals surface area contributed by atoms with E-state index in [1.54, 1.807) is 14.2 Å². The molecule has 5 heteroatoms. The summed E-state index contributed by atoms with van der Waals surface area (Å²) >= 11 is -1.76. The predicted octanol–water partition coefficient (Wildman–Crippen LogP) is 7.89. The van der Waals surface area contributed by atoms with E-state index < -0.39 is 22.0 Å². The second kappa shape index (κ2) is 10.4. The summed E-state index contributed by atoms with van der Waals surface area (Å²) in [5.41, 5.74) is 4.18. The Morgan fingerprint density at radius 3 is 0.857 bits per heavy atom. The number of benzene rings is 2. The van der Waals surface area contributed by atoms with Gasteiger partial charge >= 0.3 is 226 Å². The molecule has 2 radical (unpaired) electrons. The van der Waals surface area contributed by atoms with Gasteiger partial charge in [0.25, 0.3) is 0 Å². The van der Waals surface area contributed by atoms with Gasteiger partial charge in [-0.15, -0.1) is 0 Å². The van der Waals surface area contributed by atoms with Gasteiger partial charge in [0.1, 0.15) is 0 Å². The first-order valence-electron chi connectivity index (χ1n) is 12.4. The molecule has 0 bridgehead atoms. The topological polar surface area (TPSA) is 36.9 Å². The summed E-state index contributed by atoms with van der Waals surface area (Å²) in [6.07, 6.45) is 0. The van der Waals surface area contributed by atoms with E-state index >= 15 is 0 Å². The molecule has 0 aliphatic heterocycles. The second-order valence-corrected chi connectivity index (χ2v) is 15.0. The van der Waals surface area contributed by atoms with Crippen molar-refractivity contribution >= 4 is 22.0 Å². The van der Waals surface area contributed by atoms with Crippen LogP contribution in [-0.4, -0.2) is 36.2 Å². The quantitative estimate of drug-likeness (QED) is 0.322. The molecule has 0 atom stereocenters. The van der Waals surface area contributed by atoms with Gasteiger partial charge in [-0.1, -0.05) is 0 Å². The molecule has 2 aromatic carbocycles. The Labute approximate surface area is 225 Å². The van der Waals surface area contributed by atoms with Crippen LogP contribution in [0.15, 0.2) is 24.3 Å². The molecule has 2 rings (SSSR count). The molecule has 4 nitrogen and oxygen atoms in total. The van der Waals surface area contributed by atoms with E-state index in [9.17, 15) is 0 Å². The van der Waals surface area contributed by atoms with Crippen molar-refractivity contribution in [2.75, 3.05) is 14.2 Å². The number of methoxy groups -OCH3 is 2. The predicted molar refractivity (Wildman–Crippen MR) is 148 cm³/mol. The van der Waals surface area contributed by atoms with Gasteiger partial charge in [-0.3, -0.25) is 0 Å². The first kappa shape index (κ1) is 29.7. The fourth-order valence-electron chi connectivity index (χ4n) is 3.99. The van der Waals surface area contributed by atoms with Gasteiger partial charge in [-0.25, -0.2) is 0 Å². The summed E-state index contributed by atoms with van der Waals surface area (Å²) in [5.74, 6) is 3.61. The van der Waals surface area contributed by atoms with Crippen molar-refractivity contribution in [3.63, 3.8) is 0 Å². The first-order chi connectivity index (χ1) is 15.8. The molecule has 35 heavy (non-hydrogen) atoms. The van der Waals surface area contributed by atoms with E-state index in [0.29, 0.717) is 0 Å². The van der Waals surface area contributed by atoms with Crippen LogP contribution in [0.2, 0.25) is 0 Å². The van der Waals surface area contributed by atoms with Crippen LogP contribution in [0.1, 0.15) is 105 Å². The van der Waals surface area contributed by atoms with Crippen LogP contribution in [0.5, 0.6) is 23.0 Å². The molecule has 0 amide bonds. The molecule has 0 aromatic heterocycles. The summed E-state index contributed by atoms with van der Waals surface area (Å²) in [7, 11) is 3.45. The molecule has 194 valence electrons. The maximum atomic E-state index is 6.68. The minimum absolute atomic E-state index is 0.101. The zero-order valence-corrected chi connectivity index (χ0v) is 27.3. The van der Waals surface area contributed by atoms with Crippen molar-refractivity contribution in [3.8, 4) is 23.0 Å². The van der Waals surface area contributed by atoms with Crippen molar-refractivity contribution in [1.29, 1.82) is 0 Å². The zero-order valence-electron chi connectivity index (χ0n) is 24.4. The van der Waals surface area contributed by atoms with Crippen LogP contribution in [0, 0.1) is 0 Å². The Morgan fingerprint density at radius 2 is 0.686 bits per heavy atom. The maximum absolute atomic E-state index is 6.68. The fourth-order valence-corrected chi connectivity index (χ4v) is 5.84. The normalized spacial score (nSPS) is 13.0. The molecule has 0 N–H and O–H groups in total. The van der Waals surface area contributed by atoms with E-state index in [-0.39, 0.29) is 21.7 Å². The third-order valence-corrected chi connectivity index (χ3v) is 7.76. The van der Waals surface area contributed by atoms with Crippen molar-refractivity contribution in [3.05, 3.63) is 46.5 Å². The Balaban J connectivity index is 2.60. The molecule has 0 saturated carbocycles. The van der Waals surface area contributed by atoms with E-state index in [0.717, 1.165) is 45.3 Å². The average Bonchev–Trinajstić information content (AvgIpc) is 2.70. The van der Waals surface area contributed by atoms with Crippen LogP contribution in [0.3, 0.4) is 0 Å². The SMILES string of the molecule is COc1cc(C(C)(C)C)c([O][Sn][O]c2c(C(C)(C)C)cc(OC)cc2C(C)(C)C)c(C(C)(C)C)c1. The van der Waals surface area contributed by atoms with Crippen molar-refractivity contribution in [1.82, 2.24) is 0 Å². The Bertz CT molecular complexity index is 875. The molecule has 0 unspecified atom stereocenters. The summed E-state index contributed by atoms with van der Waals surface area (Å²) in [5, 5.41) is 0. The van der Waals surface area contributed by atoms with Crippen molar-refractivity contribution in [2.45, 2.75) is 105 Å².